The molecule has 2 saturated heterocycles. The normalized spacial score (nSPS) is 37.6. The topological polar surface area (TPSA) is 23.3 Å². The van der Waals surface area contributed by atoms with Gasteiger partial charge in [-0.1, -0.05) is 18.6 Å². The number of piperidine rings is 1. The minimum absolute atomic E-state index is 0.0431. The van der Waals surface area contributed by atoms with E-state index in [4.69, 9.17) is 0 Å². The molecule has 4 rings (SSSR count). The zero-order valence-corrected chi connectivity index (χ0v) is 12.6. The van der Waals surface area contributed by atoms with Crippen LogP contribution in [-0.4, -0.2) is 47.4 Å². The summed E-state index contributed by atoms with van der Waals surface area (Å²) in [7, 11) is 3.96. The third-order valence-electron chi connectivity index (χ3n) is 5.81. The highest BCUT2D eigenvalue weighted by molar-refractivity contribution is 5.90. The van der Waals surface area contributed by atoms with Gasteiger partial charge in [-0.3, -0.25) is 9.69 Å². The van der Waals surface area contributed by atoms with Crippen molar-refractivity contribution in [1.82, 2.24) is 9.80 Å². The Morgan fingerprint density at radius 2 is 2.00 bits per heavy atom. The molecule has 2 aliphatic heterocycles. The molecule has 3 nitrogen and oxygen atoms in total. The summed E-state index contributed by atoms with van der Waals surface area (Å²) < 4.78 is 13.1. The molecule has 3 fully saturated rings. The minimum Gasteiger partial charge on any atom is -0.328 e. The molecule has 112 valence electrons. The lowest BCUT2D eigenvalue weighted by atomic mass is 9.83. The molecule has 1 aromatic rings. The summed E-state index contributed by atoms with van der Waals surface area (Å²) in [6, 6.07) is 7.33. The number of carbonyl (C=O) groups excluding carboxylic acids is 1. The quantitative estimate of drug-likeness (QED) is 0.780. The van der Waals surface area contributed by atoms with Gasteiger partial charge in [-0.05, 0) is 51.1 Å². The highest BCUT2D eigenvalue weighted by atomic mass is 19.1. The fourth-order valence-corrected chi connectivity index (χ4v) is 4.83. The van der Waals surface area contributed by atoms with Crippen molar-refractivity contribution in [1.29, 1.82) is 0 Å². The van der Waals surface area contributed by atoms with Gasteiger partial charge in [0.1, 0.15) is 5.82 Å². The van der Waals surface area contributed by atoms with Crippen LogP contribution in [0.1, 0.15) is 37.2 Å². The summed E-state index contributed by atoms with van der Waals surface area (Å²) in [5.41, 5.74) is 1.24. The summed E-state index contributed by atoms with van der Waals surface area (Å²) >= 11 is 0. The summed E-state index contributed by atoms with van der Waals surface area (Å²) in [6.07, 6.45) is 4.32. The molecule has 1 aliphatic carbocycles. The molecular weight excluding hydrogens is 267 g/mol. The number of likely N-dealkylation sites (N-methyl/N-ethyl adjacent to an activating group) is 1. The fourth-order valence-electron chi connectivity index (χ4n) is 4.83. The van der Waals surface area contributed by atoms with Crippen LogP contribution in [0, 0.1) is 5.82 Å². The van der Waals surface area contributed by atoms with Crippen molar-refractivity contribution in [2.24, 2.45) is 0 Å². The van der Waals surface area contributed by atoms with Crippen molar-refractivity contribution < 1.29 is 9.18 Å². The molecule has 21 heavy (non-hydrogen) atoms. The first-order chi connectivity index (χ1) is 10.1. The van der Waals surface area contributed by atoms with E-state index in [1.165, 1.54) is 5.56 Å². The first kappa shape index (κ1) is 13.3. The van der Waals surface area contributed by atoms with E-state index in [-0.39, 0.29) is 17.4 Å². The van der Waals surface area contributed by atoms with Crippen molar-refractivity contribution in [3.8, 4) is 0 Å². The molecule has 2 unspecified atom stereocenters. The number of rotatable bonds is 2. The lowest BCUT2D eigenvalue weighted by molar-refractivity contribution is -0.129. The van der Waals surface area contributed by atoms with Crippen LogP contribution in [0.3, 0.4) is 0 Å². The molecular formula is C17H21FN2O. The van der Waals surface area contributed by atoms with Crippen molar-refractivity contribution in [3.63, 3.8) is 0 Å². The molecule has 4 atom stereocenters. The lowest BCUT2D eigenvalue weighted by Crippen LogP contribution is -2.41. The SMILES string of the molecule is CN(C)[C@H]1C[C@H]2N(C1=O)C21CCCC1c1ccc(F)cc1. The molecule has 2 heterocycles. The average Bonchev–Trinajstić information content (AvgIpc) is 2.72. The van der Waals surface area contributed by atoms with E-state index in [1.54, 1.807) is 12.1 Å². The van der Waals surface area contributed by atoms with Crippen LogP contribution < -0.4 is 0 Å². The second-order valence-corrected chi connectivity index (χ2v) is 6.93. The predicted octanol–water partition coefficient (Wildman–Crippen LogP) is 2.38. The van der Waals surface area contributed by atoms with Gasteiger partial charge < -0.3 is 4.90 Å². The van der Waals surface area contributed by atoms with Gasteiger partial charge in [-0.2, -0.15) is 0 Å². The average molecular weight is 288 g/mol. The van der Waals surface area contributed by atoms with Gasteiger partial charge in [0.2, 0.25) is 5.91 Å². The van der Waals surface area contributed by atoms with Gasteiger partial charge >= 0.3 is 0 Å². The van der Waals surface area contributed by atoms with Gasteiger partial charge in [0.25, 0.3) is 0 Å². The second-order valence-electron chi connectivity index (χ2n) is 6.93. The van der Waals surface area contributed by atoms with Crippen LogP contribution in [0.25, 0.3) is 0 Å². The molecule has 0 bridgehead atoms. The highest BCUT2D eigenvalue weighted by Crippen LogP contribution is 2.64. The van der Waals surface area contributed by atoms with E-state index in [2.05, 4.69) is 4.90 Å². The minimum atomic E-state index is -0.189. The number of fused-ring (bicyclic) bond motifs is 3. The maximum absolute atomic E-state index is 13.1. The predicted molar refractivity (Wildman–Crippen MR) is 78.4 cm³/mol. The Morgan fingerprint density at radius 1 is 1.29 bits per heavy atom. The molecule has 1 spiro atoms. The van der Waals surface area contributed by atoms with Crippen LogP contribution in [0.5, 0.6) is 0 Å². The van der Waals surface area contributed by atoms with Gasteiger partial charge in [0, 0.05) is 5.92 Å². The Hall–Kier alpha value is -1.42. The molecule has 0 N–H and O–H groups in total. The number of nitrogens with zero attached hydrogens (tertiary/aromatic N) is 2. The summed E-state index contributed by atoms with van der Waals surface area (Å²) in [6.45, 7) is 0. The molecule has 1 saturated carbocycles. The Morgan fingerprint density at radius 3 is 2.57 bits per heavy atom. The standard InChI is InChI=1S/C17H21FN2O/c1-19(2)14-10-15-17(20(15)16(14)21)9-3-4-13(17)11-5-7-12(18)8-6-11/h5-8,13-15H,3-4,9-10H2,1-2H3/t13?,14-,15+,17?,20?/m0/s1. The summed E-state index contributed by atoms with van der Waals surface area (Å²) in [5, 5.41) is 0. The van der Waals surface area contributed by atoms with Crippen LogP contribution in [0.2, 0.25) is 0 Å². The van der Waals surface area contributed by atoms with Crippen LogP contribution in [-0.2, 0) is 4.79 Å². The zero-order chi connectivity index (χ0) is 14.8. The molecule has 0 radical (unpaired) electrons. The third kappa shape index (κ3) is 1.65. The van der Waals surface area contributed by atoms with E-state index in [9.17, 15) is 9.18 Å². The smallest absolute Gasteiger partial charge is 0.240 e. The maximum atomic E-state index is 13.1. The molecule has 1 aromatic carbocycles. The molecule has 3 aliphatic rings. The van der Waals surface area contributed by atoms with Gasteiger partial charge in [0.05, 0.1) is 17.6 Å². The third-order valence-corrected chi connectivity index (χ3v) is 5.81. The molecule has 0 aromatic heterocycles. The van der Waals surface area contributed by atoms with E-state index in [0.29, 0.717) is 17.9 Å². The first-order valence-corrected chi connectivity index (χ1v) is 7.81. The number of benzene rings is 1. The van der Waals surface area contributed by atoms with E-state index in [1.807, 2.05) is 31.1 Å². The van der Waals surface area contributed by atoms with E-state index in [0.717, 1.165) is 25.7 Å². The van der Waals surface area contributed by atoms with Crippen LogP contribution >= 0.6 is 0 Å². The van der Waals surface area contributed by atoms with Crippen LogP contribution in [0.15, 0.2) is 24.3 Å². The number of halogens is 1. The second kappa shape index (κ2) is 4.29. The number of hydrogen-bond donors (Lipinski definition) is 0. The Labute approximate surface area is 124 Å². The van der Waals surface area contributed by atoms with Crippen molar-refractivity contribution in [2.45, 2.75) is 49.2 Å². The number of carbonyl (C=O) groups is 1. The monoisotopic (exact) mass is 288 g/mol. The first-order valence-electron chi connectivity index (χ1n) is 7.81. The Kier molecular flexibility index (Phi) is 2.71. The largest absolute Gasteiger partial charge is 0.328 e. The summed E-state index contributed by atoms with van der Waals surface area (Å²) in [5.74, 6) is 0.486. The van der Waals surface area contributed by atoms with E-state index >= 15 is 0 Å². The molecule has 1 amide bonds. The Balaban J connectivity index is 1.62. The van der Waals surface area contributed by atoms with Gasteiger partial charge in [0.15, 0.2) is 0 Å². The lowest BCUT2D eigenvalue weighted by Gasteiger charge is -2.27. The van der Waals surface area contributed by atoms with Crippen molar-refractivity contribution in [2.75, 3.05) is 14.1 Å². The zero-order valence-electron chi connectivity index (χ0n) is 12.6. The number of amides is 1. The van der Waals surface area contributed by atoms with Crippen LogP contribution in [0.4, 0.5) is 4.39 Å². The Bertz CT molecular complexity index is 585. The summed E-state index contributed by atoms with van der Waals surface area (Å²) in [4.78, 5) is 16.8. The number of hydrogen-bond acceptors (Lipinski definition) is 2. The highest BCUT2D eigenvalue weighted by Gasteiger charge is 2.74. The van der Waals surface area contributed by atoms with Gasteiger partial charge in [-0.25, -0.2) is 4.39 Å². The van der Waals surface area contributed by atoms with Gasteiger partial charge in [-0.15, -0.1) is 0 Å². The maximum Gasteiger partial charge on any atom is 0.240 e. The van der Waals surface area contributed by atoms with Crippen molar-refractivity contribution >= 4 is 5.91 Å². The van der Waals surface area contributed by atoms with Crippen molar-refractivity contribution in [3.05, 3.63) is 35.6 Å². The fraction of sp³-hybridized carbons (Fsp3) is 0.588. The molecule has 4 heteroatoms. The van der Waals surface area contributed by atoms with E-state index < -0.39 is 0 Å².